The van der Waals surface area contributed by atoms with Gasteiger partial charge in [0.1, 0.15) is 18.2 Å². The quantitative estimate of drug-likeness (QED) is 0.683. The number of nitrogens with zero attached hydrogens (tertiary/aromatic N) is 1. The van der Waals surface area contributed by atoms with Gasteiger partial charge in [-0.15, -0.1) is 0 Å². The van der Waals surface area contributed by atoms with Gasteiger partial charge in [-0.05, 0) is 55.4 Å². The number of hydrogen-bond donors (Lipinski definition) is 2. The van der Waals surface area contributed by atoms with E-state index in [2.05, 4.69) is 17.4 Å². The maximum absolute atomic E-state index is 12.9. The summed E-state index contributed by atoms with van der Waals surface area (Å²) >= 11 is 0. The predicted molar refractivity (Wildman–Crippen MR) is 126 cm³/mol. The molecule has 1 heterocycles. The summed E-state index contributed by atoms with van der Waals surface area (Å²) in [6.45, 7) is 5.82. The third kappa shape index (κ3) is 5.00. The number of carboxylic acid groups (broad SMARTS) is 1. The number of aliphatic carboxylic acids is 1. The Labute approximate surface area is 198 Å². The van der Waals surface area contributed by atoms with Crippen molar-refractivity contribution in [1.82, 2.24) is 10.2 Å². The minimum atomic E-state index is -1.09. The Kier molecular flexibility index (Phi) is 6.50. The predicted octanol–water partition coefficient (Wildman–Crippen LogP) is 4.24. The Morgan fingerprint density at radius 2 is 1.62 bits per heavy atom. The van der Waals surface area contributed by atoms with Gasteiger partial charge in [0.05, 0.1) is 0 Å². The van der Waals surface area contributed by atoms with E-state index in [0.29, 0.717) is 0 Å². The fourth-order valence-corrected chi connectivity index (χ4v) is 4.73. The standard InChI is InChI=1S/C26H30N2O6/c1-26(2,3)34-24(31)27-13-16-12-22(23(29)30)28(14-16)25(32)33-15-21-19-10-6-4-8-17(19)18-9-5-7-11-20(18)21/h4-11,16,21-22H,12-15H2,1-3H3,(H,27,31)(H,29,30). The molecule has 2 aliphatic rings. The third-order valence-electron chi connectivity index (χ3n) is 6.18. The monoisotopic (exact) mass is 466 g/mol. The highest BCUT2D eigenvalue weighted by Gasteiger charge is 2.41. The van der Waals surface area contributed by atoms with E-state index in [9.17, 15) is 19.5 Å². The highest BCUT2D eigenvalue weighted by molar-refractivity contribution is 5.81. The highest BCUT2D eigenvalue weighted by Crippen LogP contribution is 2.44. The molecule has 2 N–H and O–H groups in total. The molecule has 2 atom stereocenters. The highest BCUT2D eigenvalue weighted by atomic mass is 16.6. The van der Waals surface area contributed by atoms with E-state index in [-0.39, 0.29) is 38.0 Å². The number of rotatable bonds is 5. The van der Waals surface area contributed by atoms with Crippen molar-refractivity contribution in [3.8, 4) is 11.1 Å². The molecule has 2 unspecified atom stereocenters. The smallest absolute Gasteiger partial charge is 0.410 e. The molecule has 0 radical (unpaired) electrons. The lowest BCUT2D eigenvalue weighted by Crippen LogP contribution is -2.41. The van der Waals surface area contributed by atoms with E-state index in [1.165, 1.54) is 4.90 Å². The van der Waals surface area contributed by atoms with E-state index < -0.39 is 29.8 Å². The fourth-order valence-electron chi connectivity index (χ4n) is 4.73. The van der Waals surface area contributed by atoms with Crippen LogP contribution >= 0.6 is 0 Å². The fraction of sp³-hybridized carbons (Fsp3) is 0.423. The number of nitrogens with one attached hydrogen (secondary N) is 1. The first-order chi connectivity index (χ1) is 16.1. The van der Waals surface area contributed by atoms with E-state index >= 15 is 0 Å². The first-order valence-electron chi connectivity index (χ1n) is 11.5. The second kappa shape index (κ2) is 9.37. The maximum Gasteiger partial charge on any atom is 0.410 e. The van der Waals surface area contributed by atoms with Crippen LogP contribution in [0.15, 0.2) is 48.5 Å². The molecule has 0 bridgehead atoms. The van der Waals surface area contributed by atoms with E-state index in [4.69, 9.17) is 9.47 Å². The van der Waals surface area contributed by atoms with Gasteiger partial charge in [0.2, 0.25) is 0 Å². The van der Waals surface area contributed by atoms with Gasteiger partial charge < -0.3 is 19.9 Å². The molecule has 1 aliphatic carbocycles. The van der Waals surface area contributed by atoms with E-state index in [1.54, 1.807) is 20.8 Å². The molecule has 34 heavy (non-hydrogen) atoms. The minimum absolute atomic E-state index is 0.105. The van der Waals surface area contributed by atoms with Crippen LogP contribution in [0.5, 0.6) is 0 Å². The molecule has 2 amide bonds. The molecule has 0 saturated carbocycles. The zero-order valence-electron chi connectivity index (χ0n) is 19.6. The van der Waals surface area contributed by atoms with Crippen LogP contribution in [-0.2, 0) is 14.3 Å². The summed E-state index contributed by atoms with van der Waals surface area (Å²) in [7, 11) is 0. The van der Waals surface area contributed by atoms with Crippen molar-refractivity contribution >= 4 is 18.2 Å². The largest absolute Gasteiger partial charge is 0.480 e. The number of likely N-dealkylation sites (tertiary alicyclic amines) is 1. The van der Waals surface area contributed by atoms with Gasteiger partial charge >= 0.3 is 18.2 Å². The lowest BCUT2D eigenvalue weighted by Gasteiger charge is -2.23. The van der Waals surface area contributed by atoms with Crippen LogP contribution in [0.2, 0.25) is 0 Å². The van der Waals surface area contributed by atoms with Crippen molar-refractivity contribution in [3.63, 3.8) is 0 Å². The SMILES string of the molecule is CC(C)(C)OC(=O)NCC1CC(C(=O)O)N(C(=O)OCC2c3ccccc3-c3ccccc32)C1. The van der Waals surface area contributed by atoms with Crippen LogP contribution in [0.4, 0.5) is 9.59 Å². The van der Waals surface area contributed by atoms with E-state index in [1.807, 2.05) is 36.4 Å². The van der Waals surface area contributed by atoms with Crippen LogP contribution in [0, 0.1) is 5.92 Å². The van der Waals surface area contributed by atoms with Crippen LogP contribution in [0.25, 0.3) is 11.1 Å². The molecule has 1 saturated heterocycles. The number of alkyl carbamates (subject to hydrolysis) is 1. The third-order valence-corrected chi connectivity index (χ3v) is 6.18. The molecule has 1 fully saturated rings. The van der Waals surface area contributed by atoms with E-state index in [0.717, 1.165) is 22.3 Å². The van der Waals surface area contributed by atoms with Gasteiger partial charge in [0.25, 0.3) is 0 Å². The Balaban J connectivity index is 1.39. The number of benzene rings is 2. The molecule has 8 heteroatoms. The number of ether oxygens (including phenoxy) is 2. The van der Waals surface area contributed by atoms with Gasteiger partial charge in [-0.25, -0.2) is 14.4 Å². The summed E-state index contributed by atoms with van der Waals surface area (Å²) in [6.07, 6.45) is -0.997. The van der Waals surface area contributed by atoms with Crippen LogP contribution in [0.1, 0.15) is 44.2 Å². The molecule has 2 aromatic rings. The van der Waals surface area contributed by atoms with Crippen LogP contribution < -0.4 is 5.32 Å². The lowest BCUT2D eigenvalue weighted by molar-refractivity contribution is -0.141. The van der Waals surface area contributed by atoms with Gasteiger partial charge in [0, 0.05) is 19.0 Å². The van der Waals surface area contributed by atoms with Crippen molar-refractivity contribution in [2.75, 3.05) is 19.7 Å². The van der Waals surface area contributed by atoms with Crippen molar-refractivity contribution in [1.29, 1.82) is 0 Å². The zero-order chi connectivity index (χ0) is 24.5. The topological polar surface area (TPSA) is 105 Å². The van der Waals surface area contributed by atoms with Crippen LogP contribution in [0.3, 0.4) is 0 Å². The van der Waals surface area contributed by atoms with Gasteiger partial charge in [-0.3, -0.25) is 4.90 Å². The Hall–Kier alpha value is -3.55. The average Bonchev–Trinajstić information content (AvgIpc) is 3.35. The number of amides is 2. The summed E-state index contributed by atoms with van der Waals surface area (Å²) < 4.78 is 10.9. The summed E-state index contributed by atoms with van der Waals surface area (Å²) in [6, 6.07) is 15.1. The summed E-state index contributed by atoms with van der Waals surface area (Å²) in [5.41, 5.74) is 3.80. The van der Waals surface area contributed by atoms with Crippen molar-refractivity contribution in [3.05, 3.63) is 59.7 Å². The average molecular weight is 467 g/mol. The number of carboxylic acids is 1. The Morgan fingerprint density at radius 3 is 2.18 bits per heavy atom. The molecule has 0 aromatic heterocycles. The summed E-state index contributed by atoms with van der Waals surface area (Å²) in [4.78, 5) is 37.9. The summed E-state index contributed by atoms with van der Waals surface area (Å²) in [5, 5.41) is 12.3. The minimum Gasteiger partial charge on any atom is -0.480 e. The number of fused-ring (bicyclic) bond motifs is 3. The first-order valence-corrected chi connectivity index (χ1v) is 11.5. The first kappa shape index (κ1) is 23.6. The lowest BCUT2D eigenvalue weighted by atomic mass is 9.98. The molecule has 0 spiro atoms. The Morgan fingerprint density at radius 1 is 1.03 bits per heavy atom. The van der Waals surface area contributed by atoms with Crippen molar-refractivity contribution in [2.45, 2.75) is 44.8 Å². The number of carbonyl (C=O) groups excluding carboxylic acids is 2. The number of hydrogen-bond acceptors (Lipinski definition) is 5. The second-order valence-electron chi connectivity index (χ2n) is 9.79. The molecule has 4 rings (SSSR count). The normalized spacial score (nSPS) is 19.3. The zero-order valence-corrected chi connectivity index (χ0v) is 19.6. The van der Waals surface area contributed by atoms with Crippen molar-refractivity contribution in [2.24, 2.45) is 5.92 Å². The molecule has 1 aliphatic heterocycles. The van der Waals surface area contributed by atoms with Gasteiger partial charge in [0.15, 0.2) is 0 Å². The molecular formula is C26H30N2O6. The molecule has 8 nitrogen and oxygen atoms in total. The van der Waals surface area contributed by atoms with Crippen LogP contribution in [-0.4, -0.2) is 59.5 Å². The Bertz CT molecular complexity index is 1050. The number of carbonyl (C=O) groups is 3. The second-order valence-corrected chi connectivity index (χ2v) is 9.79. The molecule has 180 valence electrons. The van der Waals surface area contributed by atoms with Gasteiger partial charge in [-0.1, -0.05) is 48.5 Å². The van der Waals surface area contributed by atoms with Gasteiger partial charge in [-0.2, -0.15) is 0 Å². The molecular weight excluding hydrogens is 436 g/mol. The summed E-state index contributed by atoms with van der Waals surface area (Å²) in [5.74, 6) is -1.41. The maximum atomic E-state index is 12.9. The van der Waals surface area contributed by atoms with Crippen molar-refractivity contribution < 1.29 is 29.0 Å². The molecule has 2 aromatic carbocycles.